The van der Waals surface area contributed by atoms with Crippen LogP contribution in [0.3, 0.4) is 0 Å². The first-order valence-corrected chi connectivity index (χ1v) is 6.70. The Hall–Kier alpha value is -1.56. The van der Waals surface area contributed by atoms with Crippen LogP contribution in [0.2, 0.25) is 0 Å². The fourth-order valence-corrected chi connectivity index (χ4v) is 2.59. The zero-order valence-electron chi connectivity index (χ0n) is 10.4. The summed E-state index contributed by atoms with van der Waals surface area (Å²) < 4.78 is 1.82. The van der Waals surface area contributed by atoms with E-state index in [2.05, 4.69) is 10.3 Å². The van der Waals surface area contributed by atoms with Gasteiger partial charge in [-0.2, -0.15) is 0 Å². The summed E-state index contributed by atoms with van der Waals surface area (Å²) in [5.74, 6) is 0.809. The summed E-state index contributed by atoms with van der Waals surface area (Å²) in [7, 11) is 0. The molecule has 0 aliphatic carbocycles. The number of pyridine rings is 1. The third kappa shape index (κ3) is 3.01. The quantitative estimate of drug-likeness (QED) is 0.855. The molecule has 1 amide bonds. The molecule has 0 bridgehead atoms. The minimum atomic E-state index is -0.113. The average Bonchev–Trinajstić information content (AvgIpc) is 2.76. The van der Waals surface area contributed by atoms with Crippen LogP contribution in [0, 0.1) is 13.8 Å². The monoisotopic (exact) mass is 265 g/mol. The van der Waals surface area contributed by atoms with Crippen molar-refractivity contribution in [2.24, 2.45) is 4.99 Å². The number of hydrogen-bond acceptors (Lipinski definition) is 4. The molecule has 2 heterocycles. The largest absolute Gasteiger partial charge is 0.340 e. The van der Waals surface area contributed by atoms with Crippen LogP contribution in [0.5, 0.6) is 0 Å². The first-order valence-electron chi connectivity index (χ1n) is 5.71. The van der Waals surface area contributed by atoms with Gasteiger partial charge in [0.25, 0.3) is 0 Å². The van der Waals surface area contributed by atoms with Gasteiger partial charge in [-0.15, -0.1) is 0 Å². The van der Waals surface area contributed by atoms with Crippen molar-refractivity contribution in [3.05, 3.63) is 33.7 Å². The number of rotatable bonds is 2. The number of nitrogens with one attached hydrogen (secondary N) is 1. The van der Waals surface area contributed by atoms with Gasteiger partial charge in [0, 0.05) is 29.3 Å². The molecule has 0 atom stereocenters. The molecule has 0 saturated heterocycles. The first-order chi connectivity index (χ1) is 8.56. The predicted octanol–water partition coefficient (Wildman–Crippen LogP) is 0.684. The Kier molecular flexibility index (Phi) is 3.86. The van der Waals surface area contributed by atoms with Gasteiger partial charge in [0.05, 0.1) is 6.54 Å². The number of hydrogen-bond donors (Lipinski definition) is 1. The van der Waals surface area contributed by atoms with Crippen molar-refractivity contribution >= 4 is 22.8 Å². The molecular weight excluding hydrogens is 250 g/mol. The summed E-state index contributed by atoms with van der Waals surface area (Å²) in [6.45, 7) is 4.61. The van der Waals surface area contributed by atoms with E-state index >= 15 is 0 Å². The predicted molar refractivity (Wildman–Crippen MR) is 73.1 cm³/mol. The Balaban J connectivity index is 2.09. The average molecular weight is 265 g/mol. The number of amides is 1. The maximum Gasteiger partial charge on any atom is 0.245 e. The number of aryl methyl sites for hydroxylation is 2. The molecular formula is C12H15N3O2S. The minimum Gasteiger partial charge on any atom is -0.340 e. The molecule has 0 spiro atoms. The van der Waals surface area contributed by atoms with Gasteiger partial charge in [-0.05, 0) is 13.8 Å². The van der Waals surface area contributed by atoms with Crippen molar-refractivity contribution in [3.63, 3.8) is 0 Å². The van der Waals surface area contributed by atoms with Gasteiger partial charge in [-0.25, -0.2) is 0 Å². The molecule has 96 valence electrons. The van der Waals surface area contributed by atoms with Crippen molar-refractivity contribution < 1.29 is 4.79 Å². The highest BCUT2D eigenvalue weighted by molar-refractivity contribution is 8.14. The molecule has 1 aromatic heterocycles. The second-order valence-corrected chi connectivity index (χ2v) is 5.23. The van der Waals surface area contributed by atoms with Gasteiger partial charge in [-0.3, -0.25) is 14.6 Å². The molecule has 18 heavy (non-hydrogen) atoms. The smallest absolute Gasteiger partial charge is 0.245 e. The van der Waals surface area contributed by atoms with Crippen LogP contribution >= 0.6 is 11.8 Å². The summed E-state index contributed by atoms with van der Waals surface area (Å²) in [5.41, 5.74) is 1.55. The molecule has 1 N–H and O–H groups in total. The molecule has 1 aliphatic rings. The van der Waals surface area contributed by atoms with Crippen LogP contribution in [0.15, 0.2) is 21.9 Å². The number of aromatic nitrogens is 1. The summed E-state index contributed by atoms with van der Waals surface area (Å²) in [4.78, 5) is 27.3. The Labute approximate surface area is 109 Å². The molecule has 6 heteroatoms. The molecule has 0 saturated carbocycles. The van der Waals surface area contributed by atoms with Gasteiger partial charge in [0.2, 0.25) is 5.91 Å². The number of carbonyl (C=O) groups excluding carboxylic acids is 1. The van der Waals surface area contributed by atoms with Crippen molar-refractivity contribution in [1.82, 2.24) is 9.88 Å². The van der Waals surface area contributed by atoms with Crippen LogP contribution in [-0.4, -0.2) is 27.9 Å². The number of aliphatic imine (C=N–C) groups is 1. The Morgan fingerprint density at radius 1 is 1.44 bits per heavy atom. The molecule has 2 rings (SSSR count). The van der Waals surface area contributed by atoms with Crippen molar-refractivity contribution in [3.8, 4) is 0 Å². The number of nitrogens with zero attached hydrogens (tertiary/aromatic N) is 2. The Bertz CT molecular complexity index is 537. The van der Waals surface area contributed by atoms with Crippen molar-refractivity contribution in [2.75, 3.05) is 12.3 Å². The maximum atomic E-state index is 11.9. The van der Waals surface area contributed by atoms with Gasteiger partial charge in [-0.1, -0.05) is 11.8 Å². The SMILES string of the molecule is Cc1cc(=O)cc(C)n1CC(=O)NC1=NCCS1. The highest BCUT2D eigenvalue weighted by Gasteiger charge is 2.12. The van der Waals surface area contributed by atoms with Crippen LogP contribution < -0.4 is 10.7 Å². The van der Waals surface area contributed by atoms with Crippen molar-refractivity contribution in [1.29, 1.82) is 0 Å². The fraction of sp³-hybridized carbons (Fsp3) is 0.417. The lowest BCUT2D eigenvalue weighted by Crippen LogP contribution is -2.32. The highest BCUT2D eigenvalue weighted by Crippen LogP contribution is 2.09. The molecule has 5 nitrogen and oxygen atoms in total. The van der Waals surface area contributed by atoms with Crippen molar-refractivity contribution in [2.45, 2.75) is 20.4 Å². The number of amidine groups is 1. The Morgan fingerprint density at radius 2 is 2.11 bits per heavy atom. The summed E-state index contributed by atoms with van der Waals surface area (Å²) >= 11 is 1.55. The third-order valence-corrected chi connectivity index (χ3v) is 3.58. The molecule has 0 unspecified atom stereocenters. The van der Waals surface area contributed by atoms with E-state index in [1.807, 2.05) is 18.4 Å². The maximum absolute atomic E-state index is 11.9. The van der Waals surface area contributed by atoms with E-state index in [4.69, 9.17) is 0 Å². The van der Waals surface area contributed by atoms with Gasteiger partial charge >= 0.3 is 0 Å². The summed E-state index contributed by atoms with van der Waals surface area (Å²) in [6, 6.07) is 3.06. The fourth-order valence-electron chi connectivity index (χ4n) is 1.85. The van der Waals surface area contributed by atoms with E-state index in [1.165, 1.54) is 12.1 Å². The van der Waals surface area contributed by atoms with Crippen LogP contribution in [0.1, 0.15) is 11.4 Å². The lowest BCUT2D eigenvalue weighted by Gasteiger charge is -2.13. The normalized spacial score (nSPS) is 14.4. The van der Waals surface area contributed by atoms with Gasteiger partial charge in [0.1, 0.15) is 6.54 Å². The van der Waals surface area contributed by atoms with E-state index in [0.29, 0.717) is 5.17 Å². The molecule has 1 aromatic rings. The van der Waals surface area contributed by atoms with E-state index in [-0.39, 0.29) is 17.9 Å². The molecule has 0 fully saturated rings. The van der Waals surface area contributed by atoms with Gasteiger partial charge < -0.3 is 9.88 Å². The zero-order chi connectivity index (χ0) is 13.1. The van der Waals surface area contributed by atoms with Crippen LogP contribution in [0.4, 0.5) is 0 Å². The zero-order valence-corrected chi connectivity index (χ0v) is 11.2. The molecule has 0 aromatic carbocycles. The van der Waals surface area contributed by atoms with Gasteiger partial charge in [0.15, 0.2) is 10.6 Å². The topological polar surface area (TPSA) is 63.5 Å². The number of thioether (sulfide) groups is 1. The minimum absolute atomic E-state index is 0.0302. The van der Waals surface area contributed by atoms with Crippen LogP contribution in [0.25, 0.3) is 0 Å². The lowest BCUT2D eigenvalue weighted by molar-refractivity contribution is -0.120. The molecule has 0 radical (unpaired) electrons. The highest BCUT2D eigenvalue weighted by atomic mass is 32.2. The third-order valence-electron chi connectivity index (χ3n) is 2.69. The lowest BCUT2D eigenvalue weighted by atomic mass is 10.3. The van der Waals surface area contributed by atoms with E-state index in [9.17, 15) is 9.59 Å². The Morgan fingerprint density at radius 3 is 2.67 bits per heavy atom. The van der Waals surface area contributed by atoms with E-state index in [0.717, 1.165) is 23.7 Å². The van der Waals surface area contributed by atoms with E-state index in [1.54, 1.807) is 11.8 Å². The second-order valence-electron chi connectivity index (χ2n) is 4.14. The number of carbonyl (C=O) groups is 1. The first kappa shape index (κ1) is 12.9. The van der Waals surface area contributed by atoms with E-state index < -0.39 is 0 Å². The second kappa shape index (κ2) is 5.39. The molecule has 1 aliphatic heterocycles. The summed E-state index contributed by atoms with van der Waals surface area (Å²) in [5, 5.41) is 3.46. The van der Waals surface area contributed by atoms with Crippen LogP contribution in [-0.2, 0) is 11.3 Å². The summed E-state index contributed by atoms with van der Waals surface area (Å²) in [6.07, 6.45) is 0. The standard InChI is InChI=1S/C12H15N3O2S/c1-8-5-10(16)6-9(2)15(8)7-11(17)14-12-13-3-4-18-12/h5-6H,3-4,7H2,1-2H3,(H,13,14,17).